The minimum Gasteiger partial charge on any atom is -0.449 e. The Hall–Kier alpha value is -3.06. The van der Waals surface area contributed by atoms with Crippen LogP contribution in [-0.4, -0.2) is 73.6 Å². The Kier molecular flexibility index (Phi) is 9.15. The Labute approximate surface area is 210 Å². The van der Waals surface area contributed by atoms with Crippen LogP contribution >= 0.6 is 0 Å². The van der Waals surface area contributed by atoms with Crippen molar-refractivity contribution in [1.82, 2.24) is 14.7 Å². The normalized spacial score (nSPS) is 13.4. The van der Waals surface area contributed by atoms with Crippen molar-refractivity contribution in [3.05, 3.63) is 65.2 Å². The van der Waals surface area contributed by atoms with Crippen molar-refractivity contribution in [2.75, 3.05) is 52.2 Å². The summed E-state index contributed by atoms with van der Waals surface area (Å²) >= 11 is 0. The van der Waals surface area contributed by atoms with Gasteiger partial charge in [-0.3, -0.25) is 4.79 Å². The Morgan fingerprint density at radius 3 is 2.46 bits per heavy atom. The molecule has 1 heterocycles. The minimum absolute atomic E-state index is 0.0616. The number of amides is 2. The number of carbonyl (C=O) groups is 2. The van der Waals surface area contributed by atoms with Gasteiger partial charge in [0.05, 0.1) is 13.2 Å². The number of nitrogens with one attached hydrogen (secondary N) is 1. The minimum atomic E-state index is -0.267. The Bertz CT molecular complexity index is 985. The average molecular weight is 481 g/mol. The number of nitrogens with zero attached hydrogens (tertiary/aromatic N) is 3. The predicted octanol–water partition coefficient (Wildman–Crippen LogP) is 4.23. The van der Waals surface area contributed by atoms with Gasteiger partial charge in [-0.2, -0.15) is 0 Å². The summed E-state index contributed by atoms with van der Waals surface area (Å²) in [5.41, 5.74) is 4.28. The molecule has 7 heteroatoms. The van der Waals surface area contributed by atoms with E-state index < -0.39 is 0 Å². The standard InChI is InChI=1S/C28H40N4O3/c1-28(2,3)21-35-27(34)32-15-14-24-23(20-32)12-9-13-25(24)29-18-26(33)31(17-16-30(4)5)19-22-10-7-6-8-11-22/h6-13,29H,14-21H2,1-5H3. The molecule has 0 fully saturated rings. The summed E-state index contributed by atoms with van der Waals surface area (Å²) in [5, 5.41) is 3.38. The first-order valence-corrected chi connectivity index (χ1v) is 12.3. The van der Waals surface area contributed by atoms with Crippen LogP contribution in [0.4, 0.5) is 10.5 Å². The summed E-state index contributed by atoms with van der Waals surface area (Å²) in [6.07, 6.45) is 0.461. The molecule has 0 unspecified atom stereocenters. The summed E-state index contributed by atoms with van der Waals surface area (Å²) in [6, 6.07) is 16.1. The van der Waals surface area contributed by atoms with Gasteiger partial charge >= 0.3 is 6.09 Å². The highest BCUT2D eigenvalue weighted by molar-refractivity contribution is 5.81. The van der Waals surface area contributed by atoms with Gasteiger partial charge < -0.3 is 24.8 Å². The molecule has 2 aromatic rings. The molecule has 0 bridgehead atoms. The molecular weight excluding hydrogens is 440 g/mol. The fraction of sp³-hybridized carbons (Fsp3) is 0.500. The van der Waals surface area contributed by atoms with Crippen molar-refractivity contribution in [1.29, 1.82) is 0 Å². The second kappa shape index (κ2) is 12.1. The van der Waals surface area contributed by atoms with Crippen molar-refractivity contribution < 1.29 is 14.3 Å². The van der Waals surface area contributed by atoms with E-state index in [0.717, 1.165) is 29.8 Å². The number of fused-ring (bicyclic) bond motifs is 1. The van der Waals surface area contributed by atoms with Gasteiger partial charge in [-0.25, -0.2) is 4.79 Å². The van der Waals surface area contributed by atoms with Gasteiger partial charge in [-0.1, -0.05) is 63.2 Å². The molecule has 190 valence electrons. The smallest absolute Gasteiger partial charge is 0.410 e. The van der Waals surface area contributed by atoms with Crippen LogP contribution in [0.2, 0.25) is 0 Å². The topological polar surface area (TPSA) is 65.1 Å². The van der Waals surface area contributed by atoms with E-state index in [1.54, 1.807) is 4.90 Å². The lowest BCUT2D eigenvalue weighted by atomic mass is 9.97. The highest BCUT2D eigenvalue weighted by Gasteiger charge is 2.25. The highest BCUT2D eigenvalue weighted by atomic mass is 16.6. The molecule has 35 heavy (non-hydrogen) atoms. The molecule has 0 aromatic heterocycles. The second-order valence-corrected chi connectivity index (χ2v) is 10.7. The van der Waals surface area contributed by atoms with Gasteiger partial charge in [0, 0.05) is 38.4 Å². The van der Waals surface area contributed by atoms with Crippen molar-refractivity contribution in [2.45, 2.75) is 40.3 Å². The lowest BCUT2D eigenvalue weighted by Gasteiger charge is -2.31. The molecule has 1 aliphatic rings. The maximum absolute atomic E-state index is 13.2. The van der Waals surface area contributed by atoms with E-state index in [-0.39, 0.29) is 24.0 Å². The summed E-state index contributed by atoms with van der Waals surface area (Å²) < 4.78 is 5.50. The van der Waals surface area contributed by atoms with E-state index in [1.165, 1.54) is 5.56 Å². The summed E-state index contributed by atoms with van der Waals surface area (Å²) in [6.45, 7) is 9.96. The third-order valence-corrected chi connectivity index (χ3v) is 5.97. The van der Waals surface area contributed by atoms with Crippen molar-refractivity contribution in [3.63, 3.8) is 0 Å². The number of likely N-dealkylation sites (N-methyl/N-ethyl adjacent to an activating group) is 1. The first kappa shape index (κ1) is 26.5. The summed E-state index contributed by atoms with van der Waals surface area (Å²) in [4.78, 5) is 31.4. The van der Waals surface area contributed by atoms with E-state index in [4.69, 9.17) is 4.74 Å². The zero-order valence-electron chi connectivity index (χ0n) is 21.8. The zero-order chi connectivity index (χ0) is 25.4. The highest BCUT2D eigenvalue weighted by Crippen LogP contribution is 2.27. The van der Waals surface area contributed by atoms with Crippen molar-refractivity contribution in [2.24, 2.45) is 5.41 Å². The number of hydrogen-bond acceptors (Lipinski definition) is 5. The van der Waals surface area contributed by atoms with Crippen molar-refractivity contribution in [3.8, 4) is 0 Å². The fourth-order valence-corrected chi connectivity index (χ4v) is 4.00. The van der Waals surface area contributed by atoms with E-state index in [2.05, 4.69) is 22.3 Å². The van der Waals surface area contributed by atoms with Crippen LogP contribution in [0, 0.1) is 5.41 Å². The molecule has 1 N–H and O–H groups in total. The van der Waals surface area contributed by atoms with Gasteiger partial charge in [0.2, 0.25) is 5.91 Å². The van der Waals surface area contributed by atoms with Crippen LogP contribution in [-0.2, 0) is 29.0 Å². The molecular formula is C28H40N4O3. The van der Waals surface area contributed by atoms with Crippen LogP contribution in [0.1, 0.15) is 37.5 Å². The average Bonchev–Trinajstić information content (AvgIpc) is 2.83. The molecule has 0 saturated carbocycles. The van der Waals surface area contributed by atoms with E-state index >= 15 is 0 Å². The lowest BCUT2D eigenvalue weighted by Crippen LogP contribution is -2.40. The van der Waals surface area contributed by atoms with E-state index in [9.17, 15) is 9.59 Å². The Morgan fingerprint density at radius 2 is 1.77 bits per heavy atom. The lowest BCUT2D eigenvalue weighted by molar-refractivity contribution is -0.130. The second-order valence-electron chi connectivity index (χ2n) is 10.7. The molecule has 3 rings (SSSR count). The third-order valence-electron chi connectivity index (χ3n) is 5.97. The molecule has 2 amide bonds. The van der Waals surface area contributed by atoms with Crippen LogP contribution in [0.5, 0.6) is 0 Å². The molecule has 0 saturated heterocycles. The van der Waals surface area contributed by atoms with Crippen LogP contribution in [0.25, 0.3) is 0 Å². The van der Waals surface area contributed by atoms with E-state index in [1.807, 2.05) is 76.2 Å². The van der Waals surface area contributed by atoms with Gasteiger partial charge in [0.25, 0.3) is 0 Å². The number of ether oxygens (including phenoxy) is 1. The first-order chi connectivity index (χ1) is 16.6. The zero-order valence-corrected chi connectivity index (χ0v) is 21.8. The number of hydrogen-bond donors (Lipinski definition) is 1. The quantitative estimate of drug-likeness (QED) is 0.582. The molecule has 1 aliphatic heterocycles. The number of benzene rings is 2. The summed E-state index contributed by atoms with van der Waals surface area (Å²) in [5.74, 6) is 0.0662. The SMILES string of the molecule is CN(C)CCN(Cc1ccccc1)C(=O)CNc1cccc2c1CCN(C(=O)OCC(C)(C)C)C2. The first-order valence-electron chi connectivity index (χ1n) is 12.3. The molecule has 0 atom stereocenters. The van der Waals surface area contributed by atoms with Gasteiger partial charge in [0.15, 0.2) is 0 Å². The monoisotopic (exact) mass is 480 g/mol. The fourth-order valence-electron chi connectivity index (χ4n) is 4.00. The summed E-state index contributed by atoms with van der Waals surface area (Å²) in [7, 11) is 4.03. The van der Waals surface area contributed by atoms with Crippen molar-refractivity contribution >= 4 is 17.7 Å². The van der Waals surface area contributed by atoms with Gasteiger partial charge in [0.1, 0.15) is 0 Å². The number of rotatable bonds is 9. The predicted molar refractivity (Wildman–Crippen MR) is 140 cm³/mol. The van der Waals surface area contributed by atoms with Crippen LogP contribution in [0.3, 0.4) is 0 Å². The maximum atomic E-state index is 13.2. The number of anilines is 1. The Balaban J connectivity index is 1.62. The molecule has 0 aliphatic carbocycles. The maximum Gasteiger partial charge on any atom is 0.410 e. The van der Waals surface area contributed by atoms with Crippen LogP contribution < -0.4 is 5.32 Å². The van der Waals surface area contributed by atoms with Gasteiger partial charge in [-0.15, -0.1) is 0 Å². The van der Waals surface area contributed by atoms with Crippen LogP contribution in [0.15, 0.2) is 48.5 Å². The van der Waals surface area contributed by atoms with E-state index in [0.29, 0.717) is 32.8 Å². The number of carbonyl (C=O) groups excluding carboxylic acids is 2. The largest absolute Gasteiger partial charge is 0.449 e. The Morgan fingerprint density at radius 1 is 1.03 bits per heavy atom. The third kappa shape index (κ3) is 8.28. The molecule has 7 nitrogen and oxygen atoms in total. The molecule has 0 radical (unpaired) electrons. The molecule has 0 spiro atoms. The van der Waals surface area contributed by atoms with Gasteiger partial charge in [-0.05, 0) is 48.7 Å². The molecule has 2 aromatic carbocycles.